The second-order valence-electron chi connectivity index (χ2n) is 7.38. The van der Waals surface area contributed by atoms with Crippen molar-refractivity contribution in [1.29, 1.82) is 0 Å². The molecule has 0 spiro atoms. The summed E-state index contributed by atoms with van der Waals surface area (Å²) in [5, 5.41) is 12.3. The van der Waals surface area contributed by atoms with Crippen LogP contribution in [0.15, 0.2) is 58.6 Å². The van der Waals surface area contributed by atoms with Gasteiger partial charge in [0.05, 0.1) is 5.75 Å². The van der Waals surface area contributed by atoms with E-state index in [1.54, 1.807) is 11.8 Å². The lowest BCUT2D eigenvalue weighted by atomic mass is 10.2. The second-order valence-corrected chi connectivity index (χ2v) is 9.50. The van der Waals surface area contributed by atoms with E-state index in [9.17, 15) is 4.79 Å². The van der Waals surface area contributed by atoms with Crippen LogP contribution in [0.4, 0.5) is 5.69 Å². The zero-order valence-corrected chi connectivity index (χ0v) is 20.8. The Kier molecular flexibility index (Phi) is 9.05. The van der Waals surface area contributed by atoms with Crippen LogP contribution in [0.3, 0.4) is 0 Å². The molecule has 6 nitrogen and oxygen atoms in total. The Hall–Kier alpha value is -2.45. The number of rotatable bonds is 11. The van der Waals surface area contributed by atoms with E-state index in [2.05, 4.69) is 89.7 Å². The lowest BCUT2D eigenvalue weighted by molar-refractivity contribution is -0.118. The average molecular weight is 470 g/mol. The molecule has 0 atom stereocenters. The summed E-state index contributed by atoms with van der Waals surface area (Å²) in [6.07, 6.45) is 0. The first-order chi connectivity index (χ1) is 15.5. The summed E-state index contributed by atoms with van der Waals surface area (Å²) in [4.78, 5) is 15.7. The van der Waals surface area contributed by atoms with Gasteiger partial charge in [0.15, 0.2) is 11.0 Å². The summed E-state index contributed by atoms with van der Waals surface area (Å²) < 4.78 is 1.94. The quantitative estimate of drug-likeness (QED) is 0.326. The third-order valence-electron chi connectivity index (χ3n) is 5.14. The molecule has 0 aliphatic carbocycles. The number of aromatic nitrogens is 3. The van der Waals surface area contributed by atoms with Gasteiger partial charge in [-0.2, -0.15) is 0 Å². The van der Waals surface area contributed by atoms with E-state index in [1.165, 1.54) is 27.9 Å². The molecule has 170 valence electrons. The average Bonchev–Trinajstić information content (AvgIpc) is 3.18. The first-order valence-electron chi connectivity index (χ1n) is 10.9. The Morgan fingerprint density at radius 2 is 1.69 bits per heavy atom. The van der Waals surface area contributed by atoms with Gasteiger partial charge in [-0.15, -0.1) is 22.0 Å². The van der Waals surface area contributed by atoms with Gasteiger partial charge in [0.25, 0.3) is 0 Å². The number of hydrogen-bond acceptors (Lipinski definition) is 6. The van der Waals surface area contributed by atoms with Crippen LogP contribution in [-0.2, 0) is 11.8 Å². The number of carbonyl (C=O) groups is 1. The maximum atomic E-state index is 12.2. The molecule has 32 heavy (non-hydrogen) atoms. The highest BCUT2D eigenvalue weighted by Crippen LogP contribution is 2.25. The molecule has 3 rings (SSSR count). The molecular weight excluding hydrogens is 438 g/mol. The molecule has 0 aliphatic heterocycles. The molecule has 0 aliphatic rings. The summed E-state index contributed by atoms with van der Waals surface area (Å²) in [6.45, 7) is 8.99. The number of amides is 1. The Morgan fingerprint density at radius 1 is 1.00 bits per heavy atom. The van der Waals surface area contributed by atoms with Crippen molar-refractivity contribution in [3.63, 3.8) is 0 Å². The van der Waals surface area contributed by atoms with Crippen LogP contribution in [0, 0.1) is 6.92 Å². The Labute approximate surface area is 199 Å². The maximum Gasteiger partial charge on any atom is 0.230 e. The van der Waals surface area contributed by atoms with Crippen LogP contribution in [0.2, 0.25) is 0 Å². The molecule has 3 aromatic rings. The first kappa shape index (κ1) is 24.2. The minimum atomic E-state index is 0.00707. The van der Waals surface area contributed by atoms with E-state index in [1.807, 2.05) is 11.6 Å². The molecule has 1 heterocycles. The maximum absolute atomic E-state index is 12.2. The minimum Gasteiger partial charge on any atom is -0.372 e. The smallest absolute Gasteiger partial charge is 0.230 e. The number of thioether (sulfide) groups is 2. The van der Waals surface area contributed by atoms with Crippen LogP contribution in [0.25, 0.3) is 11.4 Å². The summed E-state index contributed by atoms with van der Waals surface area (Å²) in [5.74, 6) is 1.97. The molecule has 0 fully saturated rings. The van der Waals surface area contributed by atoms with Gasteiger partial charge in [-0.05, 0) is 57.2 Å². The van der Waals surface area contributed by atoms with Crippen LogP contribution >= 0.6 is 23.5 Å². The normalized spacial score (nSPS) is 10.9. The zero-order chi connectivity index (χ0) is 22.9. The summed E-state index contributed by atoms with van der Waals surface area (Å²) in [7, 11) is 1.94. The zero-order valence-electron chi connectivity index (χ0n) is 19.2. The topological polar surface area (TPSA) is 63.1 Å². The number of benzene rings is 2. The van der Waals surface area contributed by atoms with Crippen molar-refractivity contribution in [2.45, 2.75) is 30.8 Å². The Morgan fingerprint density at radius 3 is 2.34 bits per heavy atom. The van der Waals surface area contributed by atoms with Crippen molar-refractivity contribution >= 4 is 35.1 Å². The predicted octanol–water partition coefficient (Wildman–Crippen LogP) is 4.64. The lowest BCUT2D eigenvalue weighted by Crippen LogP contribution is -2.27. The minimum absolute atomic E-state index is 0.00707. The van der Waals surface area contributed by atoms with E-state index < -0.39 is 0 Å². The van der Waals surface area contributed by atoms with Gasteiger partial charge in [0.1, 0.15) is 0 Å². The number of anilines is 1. The first-order valence-corrected chi connectivity index (χ1v) is 12.8. The molecule has 0 saturated carbocycles. The third kappa shape index (κ3) is 6.53. The SMILES string of the molecule is CCN(CC)c1ccc(-c2nnc(SCC(=O)NCCSc3ccc(C)cc3)n2C)cc1. The molecule has 1 N–H and O–H groups in total. The molecular formula is C24H31N5OS2. The van der Waals surface area contributed by atoms with Crippen molar-refractivity contribution in [2.75, 3.05) is 36.0 Å². The number of carbonyl (C=O) groups excluding carboxylic acids is 1. The van der Waals surface area contributed by atoms with Gasteiger partial charge in [0, 0.05) is 48.6 Å². The fraction of sp³-hybridized carbons (Fsp3) is 0.375. The molecule has 0 saturated heterocycles. The van der Waals surface area contributed by atoms with Crippen LogP contribution < -0.4 is 10.2 Å². The molecule has 1 amide bonds. The molecule has 0 bridgehead atoms. The third-order valence-corrected chi connectivity index (χ3v) is 7.17. The summed E-state index contributed by atoms with van der Waals surface area (Å²) in [6, 6.07) is 16.8. The van der Waals surface area contributed by atoms with Crippen LogP contribution in [0.5, 0.6) is 0 Å². The van der Waals surface area contributed by atoms with E-state index in [-0.39, 0.29) is 5.91 Å². The fourth-order valence-electron chi connectivity index (χ4n) is 3.28. The van der Waals surface area contributed by atoms with Gasteiger partial charge >= 0.3 is 0 Å². The highest BCUT2D eigenvalue weighted by atomic mass is 32.2. The fourth-order valence-corrected chi connectivity index (χ4v) is 4.79. The Balaban J connectivity index is 1.47. The van der Waals surface area contributed by atoms with Gasteiger partial charge < -0.3 is 14.8 Å². The molecule has 0 radical (unpaired) electrons. The molecule has 0 unspecified atom stereocenters. The lowest BCUT2D eigenvalue weighted by Gasteiger charge is -2.21. The van der Waals surface area contributed by atoms with Crippen molar-refractivity contribution in [3.05, 3.63) is 54.1 Å². The van der Waals surface area contributed by atoms with E-state index in [0.29, 0.717) is 12.3 Å². The van der Waals surface area contributed by atoms with Crippen molar-refractivity contribution < 1.29 is 4.79 Å². The van der Waals surface area contributed by atoms with Crippen molar-refractivity contribution in [3.8, 4) is 11.4 Å². The summed E-state index contributed by atoms with van der Waals surface area (Å²) >= 11 is 3.15. The Bertz CT molecular complexity index is 998. The second kappa shape index (κ2) is 12.0. The van der Waals surface area contributed by atoms with E-state index in [4.69, 9.17) is 0 Å². The van der Waals surface area contributed by atoms with Crippen molar-refractivity contribution in [1.82, 2.24) is 20.1 Å². The largest absolute Gasteiger partial charge is 0.372 e. The number of hydrogen-bond donors (Lipinski definition) is 1. The highest BCUT2D eigenvalue weighted by molar-refractivity contribution is 7.99. The number of aryl methyl sites for hydroxylation is 1. The monoisotopic (exact) mass is 469 g/mol. The van der Waals surface area contributed by atoms with E-state index in [0.717, 1.165) is 35.4 Å². The molecule has 1 aromatic heterocycles. The van der Waals surface area contributed by atoms with Gasteiger partial charge in [-0.3, -0.25) is 4.79 Å². The van der Waals surface area contributed by atoms with Gasteiger partial charge in [0.2, 0.25) is 5.91 Å². The number of nitrogens with zero attached hydrogens (tertiary/aromatic N) is 4. The van der Waals surface area contributed by atoms with Gasteiger partial charge in [-0.1, -0.05) is 29.5 Å². The standard InChI is InChI=1S/C24H31N5OS2/c1-5-29(6-2)20-11-9-19(10-12-20)23-26-27-24(28(23)4)32-17-22(30)25-15-16-31-21-13-7-18(3)8-14-21/h7-14H,5-6,15-17H2,1-4H3,(H,25,30). The van der Waals surface area contributed by atoms with Gasteiger partial charge in [-0.25, -0.2) is 0 Å². The molecule has 2 aromatic carbocycles. The van der Waals surface area contributed by atoms with Crippen LogP contribution in [0.1, 0.15) is 19.4 Å². The van der Waals surface area contributed by atoms with Crippen molar-refractivity contribution in [2.24, 2.45) is 7.05 Å². The molecule has 8 heteroatoms. The predicted molar refractivity (Wildman–Crippen MR) is 136 cm³/mol. The van der Waals surface area contributed by atoms with Crippen LogP contribution in [-0.4, -0.2) is 51.8 Å². The highest BCUT2D eigenvalue weighted by Gasteiger charge is 2.13. The van der Waals surface area contributed by atoms with E-state index >= 15 is 0 Å². The summed E-state index contributed by atoms with van der Waals surface area (Å²) in [5.41, 5.74) is 3.47. The number of nitrogens with one attached hydrogen (secondary N) is 1.